The van der Waals surface area contributed by atoms with Gasteiger partial charge in [-0.15, -0.1) is 0 Å². The first kappa shape index (κ1) is 38.8. The third-order valence-electron chi connectivity index (χ3n) is 5.37. The first-order chi connectivity index (χ1) is 20.1. The normalized spacial score (nSPS) is 15.1. The Labute approximate surface area is 243 Å². The lowest BCUT2D eigenvalue weighted by molar-refractivity contribution is -0.458. The number of aromatic nitrogens is 2. The molecule has 28 heteroatoms. The van der Waals surface area contributed by atoms with Crippen molar-refractivity contribution >= 4 is 37.5 Å². The van der Waals surface area contributed by atoms with Gasteiger partial charge in [0, 0.05) is 11.9 Å². The molecule has 2 aromatic rings. The molecule has 0 aliphatic rings. The minimum Gasteiger partial charge on any atom is -0.340 e. The van der Waals surface area contributed by atoms with E-state index >= 15 is 0 Å². The number of sulfonamides is 2. The second-order valence-electron chi connectivity index (χ2n) is 8.53. The van der Waals surface area contributed by atoms with Gasteiger partial charge in [0.2, 0.25) is 16.0 Å². The van der Waals surface area contributed by atoms with E-state index in [4.69, 9.17) is 5.14 Å². The minimum atomic E-state index is -8.97. The average molecular weight is 747 g/mol. The summed E-state index contributed by atoms with van der Waals surface area (Å²) in [7, 11) is -11.9. The molecule has 9 nitrogen and oxygen atoms in total. The first-order valence-corrected chi connectivity index (χ1v) is 13.6. The molecule has 4 N–H and O–H groups in total. The van der Waals surface area contributed by atoms with Crippen molar-refractivity contribution < 1.29 is 91.5 Å². The van der Waals surface area contributed by atoms with Crippen LogP contribution in [0.1, 0.15) is 0 Å². The SMILES string of the molecule is NS(=O)(=O)c1ccc(Nc2ccnc(NS(=O)(=O)C(F)(F)C(F)(F)C(F)(F)C(F)(F)C(F)(F)C(F)(F)C(F)(F)C(F)(F)F)n2)cc1. The maximum absolute atomic E-state index is 14.3. The van der Waals surface area contributed by atoms with Crippen LogP contribution in [0.3, 0.4) is 0 Å². The monoisotopic (exact) mass is 747 g/mol. The second-order valence-corrected chi connectivity index (χ2v) is 11.8. The Balaban J connectivity index is 2.50. The van der Waals surface area contributed by atoms with E-state index in [1.807, 2.05) is 0 Å². The number of rotatable bonds is 12. The van der Waals surface area contributed by atoms with Crippen molar-refractivity contribution in [3.63, 3.8) is 0 Å². The van der Waals surface area contributed by atoms with E-state index in [1.165, 1.54) is 0 Å². The van der Waals surface area contributed by atoms with Crippen LogP contribution in [-0.4, -0.2) is 73.8 Å². The molecular weight excluding hydrogens is 737 g/mol. The molecule has 1 aromatic carbocycles. The number of primary sulfonamides is 1. The average Bonchev–Trinajstić information content (AvgIpc) is 2.87. The van der Waals surface area contributed by atoms with Gasteiger partial charge in [0.25, 0.3) is 0 Å². The summed E-state index contributed by atoms with van der Waals surface area (Å²) in [6.45, 7) is 0. The van der Waals surface area contributed by atoms with E-state index in [9.17, 15) is 91.5 Å². The second kappa shape index (κ2) is 11.1. The van der Waals surface area contributed by atoms with Gasteiger partial charge in [-0.3, -0.25) is 0 Å². The van der Waals surface area contributed by atoms with E-state index in [2.05, 4.69) is 15.3 Å². The van der Waals surface area contributed by atoms with Crippen LogP contribution in [0.2, 0.25) is 0 Å². The molecule has 1 heterocycles. The van der Waals surface area contributed by atoms with Crippen LogP contribution < -0.4 is 15.2 Å². The van der Waals surface area contributed by atoms with Crippen LogP contribution in [0.25, 0.3) is 0 Å². The molecule has 1 aromatic heterocycles. The Morgan fingerprint density at radius 3 is 1.41 bits per heavy atom. The van der Waals surface area contributed by atoms with Crippen LogP contribution in [-0.2, 0) is 20.0 Å². The highest BCUT2D eigenvalue weighted by Crippen LogP contribution is 2.64. The zero-order valence-corrected chi connectivity index (χ0v) is 22.4. The van der Waals surface area contributed by atoms with Gasteiger partial charge in [0.15, 0.2) is 0 Å². The fourth-order valence-electron chi connectivity index (χ4n) is 2.86. The van der Waals surface area contributed by atoms with Gasteiger partial charge < -0.3 is 5.32 Å². The van der Waals surface area contributed by atoms with Crippen molar-refractivity contribution in [1.82, 2.24) is 9.97 Å². The van der Waals surface area contributed by atoms with Crippen LogP contribution in [0.15, 0.2) is 41.4 Å². The van der Waals surface area contributed by atoms with E-state index in [-0.39, 0.29) is 10.4 Å². The van der Waals surface area contributed by atoms with Crippen molar-refractivity contribution in [2.24, 2.45) is 5.14 Å². The van der Waals surface area contributed by atoms with Crippen molar-refractivity contribution in [2.75, 3.05) is 10.0 Å². The third-order valence-corrected chi connectivity index (χ3v) is 7.68. The molecule has 0 spiro atoms. The van der Waals surface area contributed by atoms with Crippen molar-refractivity contribution in [3.8, 4) is 0 Å². The van der Waals surface area contributed by atoms with Gasteiger partial charge in [0.05, 0.1) is 4.90 Å². The van der Waals surface area contributed by atoms with Crippen LogP contribution in [0, 0.1) is 0 Å². The van der Waals surface area contributed by atoms with E-state index < -0.39 is 83.7 Å². The largest absolute Gasteiger partial charge is 0.460 e. The highest BCUT2D eigenvalue weighted by molar-refractivity contribution is 7.93. The van der Waals surface area contributed by atoms with Crippen molar-refractivity contribution in [2.45, 2.75) is 51.9 Å². The maximum Gasteiger partial charge on any atom is 0.460 e. The molecule has 0 radical (unpaired) electrons. The topological polar surface area (TPSA) is 144 Å². The van der Waals surface area contributed by atoms with E-state index in [0.29, 0.717) is 6.20 Å². The molecule has 0 bridgehead atoms. The van der Waals surface area contributed by atoms with Gasteiger partial charge >= 0.3 is 57.0 Å². The molecule has 0 amide bonds. The number of nitrogens with zero attached hydrogens (tertiary/aromatic N) is 2. The standard InChI is InChI=1S/C18H10F17N5O4S2/c19-11(20,13(23,24)15(27,28)17(31,32)33)12(21,22)14(25,26)16(29,30)18(34,35)46(43,44)40-10-37-6-5-9(39-10)38-7-1-3-8(4-2-7)45(36,41)42/h1-6H,(H2,36,41,42)(H2,37,38,39,40). The number of hydrogen-bond donors (Lipinski definition) is 3. The smallest absolute Gasteiger partial charge is 0.340 e. The van der Waals surface area contributed by atoms with Crippen LogP contribution in [0.5, 0.6) is 0 Å². The zero-order chi connectivity index (χ0) is 36.4. The summed E-state index contributed by atoms with van der Waals surface area (Å²) in [4.78, 5) is 5.49. The molecule has 0 atom stereocenters. The number of anilines is 3. The number of benzene rings is 1. The van der Waals surface area contributed by atoms with Gasteiger partial charge in [-0.1, -0.05) is 0 Å². The number of nitrogens with two attached hydrogens (primary N) is 1. The molecule has 46 heavy (non-hydrogen) atoms. The first-order valence-electron chi connectivity index (χ1n) is 10.6. The summed E-state index contributed by atoms with van der Waals surface area (Å²) >= 11 is 0. The molecule has 262 valence electrons. The summed E-state index contributed by atoms with van der Waals surface area (Å²) in [6, 6.07) is 4.38. The van der Waals surface area contributed by atoms with E-state index in [1.54, 1.807) is 0 Å². The van der Waals surface area contributed by atoms with Gasteiger partial charge in [-0.05, 0) is 30.3 Å². The molecule has 0 saturated carbocycles. The van der Waals surface area contributed by atoms with E-state index in [0.717, 1.165) is 30.3 Å². The molecule has 2 rings (SSSR count). The maximum atomic E-state index is 14.3. The molecule has 0 aliphatic carbocycles. The number of nitrogens with one attached hydrogen (secondary N) is 2. The molecular formula is C18H10F17N5O4S2. The predicted octanol–water partition coefficient (Wildman–Crippen LogP) is 5.58. The van der Waals surface area contributed by atoms with Crippen molar-refractivity contribution in [3.05, 3.63) is 36.5 Å². The lowest BCUT2D eigenvalue weighted by Gasteiger charge is -2.42. The van der Waals surface area contributed by atoms with Gasteiger partial charge in [-0.25, -0.2) is 23.3 Å². The summed E-state index contributed by atoms with van der Waals surface area (Å²) in [5, 5.41) is -0.766. The Morgan fingerprint density at radius 1 is 0.587 bits per heavy atom. The Kier molecular flexibility index (Phi) is 9.34. The summed E-state index contributed by atoms with van der Waals surface area (Å²) < 4.78 is 275. The molecule has 0 unspecified atom stereocenters. The van der Waals surface area contributed by atoms with Crippen LogP contribution >= 0.6 is 0 Å². The highest BCUT2D eigenvalue weighted by atomic mass is 32.2. The Hall–Kier alpha value is -3.43. The molecule has 0 aliphatic heterocycles. The lowest BCUT2D eigenvalue weighted by Crippen LogP contribution is -2.75. The van der Waals surface area contributed by atoms with Gasteiger partial charge in [0.1, 0.15) is 5.82 Å². The quantitative estimate of drug-likeness (QED) is 0.241. The highest BCUT2D eigenvalue weighted by Gasteiger charge is 2.96. The predicted molar refractivity (Wildman–Crippen MR) is 116 cm³/mol. The lowest BCUT2D eigenvalue weighted by atomic mass is 9.91. The summed E-state index contributed by atoms with van der Waals surface area (Å²) in [6.07, 6.45) is -7.53. The molecule has 0 fully saturated rings. The Morgan fingerprint density at radius 2 is 1.00 bits per heavy atom. The molecule has 0 saturated heterocycles. The Bertz CT molecular complexity index is 1670. The fourth-order valence-corrected chi connectivity index (χ4v) is 4.30. The number of hydrogen-bond acceptors (Lipinski definition) is 7. The summed E-state index contributed by atoms with van der Waals surface area (Å²) in [5.74, 6) is -54.9. The van der Waals surface area contributed by atoms with Gasteiger partial charge in [-0.2, -0.15) is 88.0 Å². The van der Waals surface area contributed by atoms with Crippen molar-refractivity contribution in [1.29, 1.82) is 0 Å². The fraction of sp³-hybridized carbons (Fsp3) is 0.444. The zero-order valence-electron chi connectivity index (χ0n) is 20.8. The minimum absolute atomic E-state index is 0.160. The summed E-state index contributed by atoms with van der Waals surface area (Å²) in [5.41, 5.74) is -0.160. The third kappa shape index (κ3) is 5.92. The number of halogens is 17. The van der Waals surface area contributed by atoms with Crippen LogP contribution in [0.4, 0.5) is 92.1 Å². The number of alkyl halides is 17.